The number of fused-ring (bicyclic) bond motifs is 2. The van der Waals surface area contributed by atoms with Gasteiger partial charge in [0.15, 0.2) is 0 Å². The van der Waals surface area contributed by atoms with Crippen LogP contribution in [0.1, 0.15) is 11.7 Å². The predicted molar refractivity (Wildman–Crippen MR) is 164 cm³/mol. The van der Waals surface area contributed by atoms with Crippen molar-refractivity contribution in [2.45, 2.75) is 6.17 Å². The van der Waals surface area contributed by atoms with Gasteiger partial charge in [0.05, 0.1) is 48.8 Å². The molecule has 1 unspecified atom stereocenters. The number of anilines is 3. The number of nitrogens with two attached hydrogens (primary N) is 1. The van der Waals surface area contributed by atoms with Crippen molar-refractivity contribution in [2.75, 3.05) is 88.3 Å². The van der Waals surface area contributed by atoms with Crippen LogP contribution >= 0.6 is 0 Å². The minimum absolute atomic E-state index is 0.0204. The Kier molecular flexibility index (Phi) is 8.52. The number of rotatable bonds is 12. The van der Waals surface area contributed by atoms with Gasteiger partial charge < -0.3 is 45.4 Å². The maximum Gasteiger partial charge on any atom is 0.138 e. The fourth-order valence-corrected chi connectivity index (χ4v) is 5.23. The molecule has 0 aliphatic carbocycles. The summed E-state index contributed by atoms with van der Waals surface area (Å²) in [5, 5.41) is 7.18. The lowest BCUT2D eigenvalue weighted by atomic mass is 10.1. The van der Waals surface area contributed by atoms with E-state index in [0.717, 1.165) is 71.3 Å². The van der Waals surface area contributed by atoms with Crippen molar-refractivity contribution in [1.29, 1.82) is 0 Å². The van der Waals surface area contributed by atoms with E-state index in [1.807, 2.05) is 12.1 Å². The molecule has 0 saturated carbocycles. The zero-order chi connectivity index (χ0) is 28.0. The predicted octanol–water partition coefficient (Wildman–Crippen LogP) is 3.89. The lowest BCUT2D eigenvalue weighted by Crippen LogP contribution is -2.44. The minimum atomic E-state index is -0.0204. The number of nitrogens with one attached hydrogen (secondary N) is 3. The number of likely N-dealkylation sites (N-methyl/N-ethyl adjacent to an activating group) is 1. The molecule has 6 rings (SSSR count). The molecule has 3 aromatic carbocycles. The highest BCUT2D eigenvalue weighted by Crippen LogP contribution is 2.38. The summed E-state index contributed by atoms with van der Waals surface area (Å²) in [6.07, 6.45) is -0.0204. The van der Waals surface area contributed by atoms with Crippen LogP contribution in [0.3, 0.4) is 0 Å². The summed E-state index contributed by atoms with van der Waals surface area (Å²) in [4.78, 5) is 13.2. The van der Waals surface area contributed by atoms with Crippen molar-refractivity contribution in [3.63, 3.8) is 0 Å². The summed E-state index contributed by atoms with van der Waals surface area (Å²) in [6, 6.07) is 21.0. The molecule has 1 atom stereocenters. The van der Waals surface area contributed by atoms with Gasteiger partial charge in [0.25, 0.3) is 0 Å². The number of imidazole rings is 1. The van der Waals surface area contributed by atoms with Gasteiger partial charge in [-0.2, -0.15) is 0 Å². The maximum atomic E-state index is 5.81. The molecule has 0 bridgehead atoms. The third-order valence-electron chi connectivity index (χ3n) is 7.57. The van der Waals surface area contributed by atoms with Gasteiger partial charge in [-0.05, 0) is 61.1 Å². The number of aromatic amines is 1. The van der Waals surface area contributed by atoms with Gasteiger partial charge in [0.2, 0.25) is 0 Å². The van der Waals surface area contributed by atoms with Gasteiger partial charge in [0, 0.05) is 44.0 Å². The second kappa shape index (κ2) is 12.8. The monoisotopic (exact) mass is 557 g/mol. The SMILES string of the molecule is CN1CCN(c2ccc3nc(-c4ccc5c(c4)NC(c4ccc(OCCOCCOCCN)cc4)N5)[nH]c3c2)CC1. The molecular formula is C31H39N7O3. The third-order valence-corrected chi connectivity index (χ3v) is 7.57. The fraction of sp³-hybridized carbons (Fsp3) is 0.387. The second-order valence-corrected chi connectivity index (χ2v) is 10.5. The first kappa shape index (κ1) is 27.3. The average molecular weight is 558 g/mol. The first-order chi connectivity index (χ1) is 20.2. The summed E-state index contributed by atoms with van der Waals surface area (Å²) >= 11 is 0. The van der Waals surface area contributed by atoms with Gasteiger partial charge in [-0.15, -0.1) is 0 Å². The summed E-state index contributed by atoms with van der Waals surface area (Å²) in [7, 11) is 2.18. The van der Waals surface area contributed by atoms with Crippen LogP contribution in [0.2, 0.25) is 0 Å². The Balaban J connectivity index is 1.04. The molecule has 1 aromatic heterocycles. The van der Waals surface area contributed by atoms with E-state index in [1.54, 1.807) is 0 Å². The molecule has 0 spiro atoms. The first-order valence-corrected chi connectivity index (χ1v) is 14.4. The van der Waals surface area contributed by atoms with Crippen LogP contribution in [0.15, 0.2) is 60.7 Å². The largest absolute Gasteiger partial charge is 0.491 e. The summed E-state index contributed by atoms with van der Waals surface area (Å²) in [5.41, 5.74) is 13.0. The van der Waals surface area contributed by atoms with Crippen LogP contribution in [0.5, 0.6) is 5.75 Å². The first-order valence-electron chi connectivity index (χ1n) is 14.4. The maximum absolute atomic E-state index is 5.81. The summed E-state index contributed by atoms with van der Waals surface area (Å²) in [5.74, 6) is 1.69. The number of aromatic nitrogens is 2. The molecule has 2 aliphatic heterocycles. The highest BCUT2D eigenvalue weighted by Gasteiger charge is 2.22. The van der Waals surface area contributed by atoms with E-state index in [1.165, 1.54) is 5.69 Å². The standard InChI is InChI=1S/C31H39N7O3/c1-37-11-13-38(14-12-37)24-5-9-27-29(21-24)36-31(34-27)23-4-8-26-28(20-23)35-30(33-26)22-2-6-25(7-3-22)41-19-18-40-17-16-39-15-10-32/h2-9,20-21,30,33,35H,10-19,32H2,1H3,(H,34,36). The van der Waals surface area contributed by atoms with Crippen molar-refractivity contribution >= 4 is 28.1 Å². The smallest absolute Gasteiger partial charge is 0.138 e. The zero-order valence-corrected chi connectivity index (χ0v) is 23.6. The number of benzene rings is 3. The average Bonchev–Trinajstić information content (AvgIpc) is 3.63. The normalized spacial score (nSPS) is 16.9. The van der Waals surface area contributed by atoms with Crippen LogP contribution in [-0.4, -0.2) is 87.7 Å². The Labute approximate surface area is 240 Å². The summed E-state index contributed by atoms with van der Waals surface area (Å²) < 4.78 is 16.6. The molecule has 4 aromatic rings. The highest BCUT2D eigenvalue weighted by atomic mass is 16.5. The van der Waals surface area contributed by atoms with E-state index in [2.05, 4.69) is 81.0 Å². The van der Waals surface area contributed by atoms with E-state index >= 15 is 0 Å². The molecule has 41 heavy (non-hydrogen) atoms. The molecule has 5 N–H and O–H groups in total. The minimum Gasteiger partial charge on any atom is -0.491 e. The third kappa shape index (κ3) is 6.57. The molecule has 3 heterocycles. The molecular weight excluding hydrogens is 518 g/mol. The zero-order valence-electron chi connectivity index (χ0n) is 23.6. The van der Waals surface area contributed by atoms with Gasteiger partial charge in [-0.25, -0.2) is 4.98 Å². The molecule has 0 radical (unpaired) electrons. The lowest BCUT2D eigenvalue weighted by molar-refractivity contribution is 0.0388. The van der Waals surface area contributed by atoms with Crippen LogP contribution in [0.4, 0.5) is 17.1 Å². The number of piperazine rings is 1. The molecule has 10 heteroatoms. The Morgan fingerprint density at radius 2 is 1.59 bits per heavy atom. The number of hydrogen-bond acceptors (Lipinski definition) is 9. The topological polar surface area (TPSA) is 113 Å². The van der Waals surface area contributed by atoms with Crippen molar-refractivity contribution in [3.8, 4) is 17.1 Å². The Hall–Kier alpha value is -3.83. The van der Waals surface area contributed by atoms with Crippen LogP contribution < -0.4 is 26.0 Å². The van der Waals surface area contributed by atoms with Crippen molar-refractivity contribution in [1.82, 2.24) is 14.9 Å². The molecule has 1 saturated heterocycles. The van der Waals surface area contributed by atoms with Crippen LogP contribution in [0.25, 0.3) is 22.4 Å². The van der Waals surface area contributed by atoms with E-state index in [4.69, 9.17) is 24.9 Å². The Morgan fingerprint density at radius 3 is 2.39 bits per heavy atom. The molecule has 1 fully saturated rings. The van der Waals surface area contributed by atoms with Gasteiger partial charge in [-0.3, -0.25) is 0 Å². The fourth-order valence-electron chi connectivity index (χ4n) is 5.23. The van der Waals surface area contributed by atoms with Gasteiger partial charge >= 0.3 is 0 Å². The molecule has 10 nitrogen and oxygen atoms in total. The summed E-state index contributed by atoms with van der Waals surface area (Å²) in [6.45, 7) is 7.44. The van der Waals surface area contributed by atoms with Crippen molar-refractivity contribution in [2.24, 2.45) is 5.73 Å². The lowest BCUT2D eigenvalue weighted by Gasteiger charge is -2.34. The number of H-pyrrole nitrogens is 1. The van der Waals surface area contributed by atoms with Crippen molar-refractivity contribution < 1.29 is 14.2 Å². The Morgan fingerprint density at radius 1 is 0.829 bits per heavy atom. The molecule has 0 amide bonds. The highest BCUT2D eigenvalue weighted by molar-refractivity contribution is 5.85. The van der Waals surface area contributed by atoms with E-state index in [-0.39, 0.29) is 6.17 Å². The van der Waals surface area contributed by atoms with Crippen LogP contribution in [-0.2, 0) is 9.47 Å². The number of ether oxygens (including phenoxy) is 3. The van der Waals surface area contributed by atoms with Gasteiger partial charge in [0.1, 0.15) is 24.3 Å². The van der Waals surface area contributed by atoms with E-state index < -0.39 is 0 Å². The quantitative estimate of drug-likeness (QED) is 0.193. The van der Waals surface area contributed by atoms with E-state index in [9.17, 15) is 0 Å². The van der Waals surface area contributed by atoms with Crippen LogP contribution in [0, 0.1) is 0 Å². The Bertz CT molecular complexity index is 1430. The van der Waals surface area contributed by atoms with Gasteiger partial charge in [-0.1, -0.05) is 12.1 Å². The molecule has 216 valence electrons. The van der Waals surface area contributed by atoms with Crippen molar-refractivity contribution in [3.05, 3.63) is 66.2 Å². The molecule has 2 aliphatic rings. The second-order valence-electron chi connectivity index (χ2n) is 10.5. The number of nitrogens with zero attached hydrogens (tertiary/aromatic N) is 3. The number of hydrogen-bond donors (Lipinski definition) is 4. The van der Waals surface area contributed by atoms with E-state index in [0.29, 0.717) is 39.6 Å².